The number of anilines is 2. The molecule has 1 aromatic carbocycles. The zero-order valence-electron chi connectivity index (χ0n) is 16.9. The van der Waals surface area contributed by atoms with E-state index in [9.17, 15) is 0 Å². The Morgan fingerprint density at radius 1 is 0.692 bits per heavy atom. The van der Waals surface area contributed by atoms with Gasteiger partial charge in [-0.15, -0.1) is 0 Å². The van der Waals surface area contributed by atoms with Gasteiger partial charge in [-0.2, -0.15) is 0 Å². The SMILES string of the molecule is CN1c2ccccc2N(C)C12CCCCC21N(C)C2CCCCC2N1C. The van der Waals surface area contributed by atoms with Crippen LogP contribution in [0.25, 0.3) is 0 Å². The van der Waals surface area contributed by atoms with Crippen LogP contribution in [0.5, 0.6) is 0 Å². The van der Waals surface area contributed by atoms with E-state index in [2.05, 4.69) is 72.1 Å². The number of benzene rings is 1. The molecule has 4 nitrogen and oxygen atoms in total. The molecular formula is C22H34N4. The number of fused-ring (bicyclic) bond motifs is 3. The minimum atomic E-state index is 0.0236. The summed E-state index contributed by atoms with van der Waals surface area (Å²) >= 11 is 0. The molecule has 3 fully saturated rings. The van der Waals surface area contributed by atoms with Crippen molar-refractivity contribution in [2.45, 2.75) is 74.8 Å². The Balaban J connectivity index is 1.69. The van der Waals surface area contributed by atoms with Gasteiger partial charge in [0.15, 0.2) is 0 Å². The first-order chi connectivity index (χ1) is 12.6. The smallest absolute Gasteiger partial charge is 0.145 e. The highest BCUT2D eigenvalue weighted by Crippen LogP contribution is 2.59. The molecule has 1 aromatic rings. The standard InChI is InChI=1S/C22H34N4/c1-23-17-11-5-6-12-18(17)24(2)21(23)15-9-10-16-22(21)25(3)19-13-7-8-14-20(19)26(22)4/h5-6,11-12,19-20H,7-10,13-16H2,1-4H3. The monoisotopic (exact) mass is 354 g/mol. The Kier molecular flexibility index (Phi) is 3.65. The van der Waals surface area contributed by atoms with E-state index in [1.54, 1.807) is 0 Å². The molecule has 26 heavy (non-hydrogen) atoms. The van der Waals surface area contributed by atoms with Crippen LogP contribution < -0.4 is 9.80 Å². The van der Waals surface area contributed by atoms with Gasteiger partial charge in [-0.25, -0.2) is 0 Å². The first kappa shape index (κ1) is 16.9. The van der Waals surface area contributed by atoms with Gasteiger partial charge >= 0.3 is 0 Å². The lowest BCUT2D eigenvalue weighted by Crippen LogP contribution is -2.78. The molecule has 0 bridgehead atoms. The van der Waals surface area contributed by atoms with Crippen LogP contribution in [0, 0.1) is 0 Å². The van der Waals surface area contributed by atoms with Crippen LogP contribution in [0.1, 0.15) is 51.4 Å². The van der Waals surface area contributed by atoms with Gasteiger partial charge in [0, 0.05) is 26.2 Å². The summed E-state index contributed by atoms with van der Waals surface area (Å²) in [4.78, 5) is 10.9. The van der Waals surface area contributed by atoms with Crippen molar-refractivity contribution in [2.24, 2.45) is 0 Å². The van der Waals surface area contributed by atoms with Crippen LogP contribution >= 0.6 is 0 Å². The topological polar surface area (TPSA) is 13.0 Å². The second-order valence-electron chi connectivity index (χ2n) is 9.09. The van der Waals surface area contributed by atoms with Crippen LogP contribution in [0.4, 0.5) is 11.4 Å². The van der Waals surface area contributed by atoms with Gasteiger partial charge in [0.05, 0.1) is 11.4 Å². The molecular weight excluding hydrogens is 320 g/mol. The fourth-order valence-corrected chi connectivity index (χ4v) is 7.38. The van der Waals surface area contributed by atoms with Crippen molar-refractivity contribution in [3.05, 3.63) is 24.3 Å². The number of likely N-dealkylation sites (N-methyl/N-ethyl adjacent to an activating group) is 4. The van der Waals surface area contributed by atoms with Gasteiger partial charge < -0.3 is 9.80 Å². The Morgan fingerprint density at radius 2 is 1.15 bits per heavy atom. The Morgan fingerprint density at radius 3 is 1.65 bits per heavy atom. The lowest BCUT2D eigenvalue weighted by molar-refractivity contribution is -0.0696. The maximum atomic E-state index is 2.81. The molecule has 1 saturated heterocycles. The zero-order chi connectivity index (χ0) is 18.1. The summed E-state index contributed by atoms with van der Waals surface area (Å²) in [6.45, 7) is 0. The van der Waals surface area contributed by atoms with E-state index in [0.717, 1.165) is 0 Å². The van der Waals surface area contributed by atoms with E-state index in [-0.39, 0.29) is 11.3 Å². The molecule has 2 aliphatic heterocycles. The molecule has 5 rings (SSSR count). The van der Waals surface area contributed by atoms with Crippen LogP contribution in [0.15, 0.2) is 24.3 Å². The van der Waals surface area contributed by atoms with Crippen molar-refractivity contribution < 1.29 is 0 Å². The second-order valence-corrected chi connectivity index (χ2v) is 9.09. The largest absolute Gasteiger partial charge is 0.347 e. The van der Waals surface area contributed by atoms with Crippen LogP contribution in [0.2, 0.25) is 0 Å². The van der Waals surface area contributed by atoms with Crippen molar-refractivity contribution in [1.29, 1.82) is 0 Å². The third-order valence-electron chi connectivity index (χ3n) is 8.51. The lowest BCUT2D eigenvalue weighted by atomic mass is 9.75. The molecule has 2 unspecified atom stereocenters. The fourth-order valence-electron chi connectivity index (χ4n) is 7.38. The highest BCUT2D eigenvalue weighted by molar-refractivity contribution is 5.80. The molecule has 2 spiro atoms. The van der Waals surface area contributed by atoms with Crippen LogP contribution in [-0.4, -0.2) is 61.4 Å². The van der Waals surface area contributed by atoms with Gasteiger partial charge in [-0.1, -0.05) is 25.0 Å². The maximum Gasteiger partial charge on any atom is 0.145 e. The highest BCUT2D eigenvalue weighted by Gasteiger charge is 2.69. The van der Waals surface area contributed by atoms with E-state index in [1.165, 1.54) is 62.7 Å². The van der Waals surface area contributed by atoms with Gasteiger partial charge in [0.25, 0.3) is 0 Å². The van der Waals surface area contributed by atoms with Gasteiger partial charge in [0.2, 0.25) is 0 Å². The number of hydrogen-bond acceptors (Lipinski definition) is 4. The lowest BCUT2D eigenvalue weighted by Gasteiger charge is -2.62. The molecule has 2 heterocycles. The van der Waals surface area contributed by atoms with Crippen molar-refractivity contribution in [1.82, 2.24) is 9.80 Å². The average Bonchev–Trinajstić information content (AvgIpc) is 3.03. The van der Waals surface area contributed by atoms with Gasteiger partial charge in [-0.3, -0.25) is 9.80 Å². The molecule has 0 amide bonds. The number of rotatable bonds is 0. The summed E-state index contributed by atoms with van der Waals surface area (Å²) in [6.07, 6.45) is 10.7. The summed E-state index contributed by atoms with van der Waals surface area (Å²) in [5, 5.41) is 0. The summed E-state index contributed by atoms with van der Waals surface area (Å²) in [6, 6.07) is 10.4. The maximum absolute atomic E-state index is 2.81. The predicted octanol–water partition coefficient (Wildman–Crippen LogP) is 3.73. The quantitative estimate of drug-likeness (QED) is 0.704. The zero-order valence-corrected chi connectivity index (χ0v) is 16.9. The molecule has 2 saturated carbocycles. The molecule has 142 valence electrons. The summed E-state index contributed by atoms with van der Waals surface area (Å²) in [5.41, 5.74) is 2.91. The first-order valence-corrected chi connectivity index (χ1v) is 10.6. The number of hydrogen-bond donors (Lipinski definition) is 0. The third kappa shape index (κ3) is 1.73. The minimum absolute atomic E-state index is 0.0236. The fraction of sp³-hybridized carbons (Fsp3) is 0.727. The van der Waals surface area contributed by atoms with E-state index in [0.29, 0.717) is 12.1 Å². The van der Waals surface area contributed by atoms with Crippen molar-refractivity contribution in [3.8, 4) is 0 Å². The molecule has 0 N–H and O–H groups in total. The van der Waals surface area contributed by atoms with Crippen LogP contribution in [-0.2, 0) is 0 Å². The van der Waals surface area contributed by atoms with Gasteiger partial charge in [0.1, 0.15) is 11.3 Å². The minimum Gasteiger partial charge on any atom is -0.347 e. The van der Waals surface area contributed by atoms with Crippen LogP contribution in [0.3, 0.4) is 0 Å². The Labute approximate surface area is 158 Å². The van der Waals surface area contributed by atoms with Crippen molar-refractivity contribution in [2.75, 3.05) is 38.0 Å². The number of para-hydroxylation sites is 2. The molecule has 4 heteroatoms. The molecule has 2 atom stereocenters. The molecule has 4 aliphatic rings. The summed E-state index contributed by atoms with van der Waals surface area (Å²) in [7, 11) is 9.56. The van der Waals surface area contributed by atoms with E-state index >= 15 is 0 Å². The van der Waals surface area contributed by atoms with Crippen molar-refractivity contribution in [3.63, 3.8) is 0 Å². The Bertz CT molecular complexity index is 654. The Hall–Kier alpha value is -1.26. The normalized spacial score (nSPS) is 36.8. The molecule has 0 radical (unpaired) electrons. The highest BCUT2D eigenvalue weighted by atomic mass is 15.6. The van der Waals surface area contributed by atoms with Crippen molar-refractivity contribution >= 4 is 11.4 Å². The van der Waals surface area contributed by atoms with Gasteiger partial charge in [-0.05, 0) is 64.8 Å². The summed E-state index contributed by atoms with van der Waals surface area (Å²) in [5.74, 6) is 0. The summed E-state index contributed by atoms with van der Waals surface area (Å²) < 4.78 is 0. The first-order valence-electron chi connectivity index (χ1n) is 10.6. The number of nitrogens with zero attached hydrogens (tertiary/aromatic N) is 4. The predicted molar refractivity (Wildman–Crippen MR) is 109 cm³/mol. The van der Waals surface area contributed by atoms with E-state index in [4.69, 9.17) is 0 Å². The molecule has 2 aliphatic carbocycles. The second kappa shape index (κ2) is 5.62. The third-order valence-corrected chi connectivity index (χ3v) is 8.51. The van der Waals surface area contributed by atoms with E-state index < -0.39 is 0 Å². The average molecular weight is 355 g/mol. The van der Waals surface area contributed by atoms with E-state index in [1.807, 2.05) is 0 Å². The molecule has 0 aromatic heterocycles.